The Morgan fingerprint density at radius 1 is 1.07 bits per heavy atom. The molecule has 1 aliphatic heterocycles. The SMILES string of the molecule is CC[C@@H]1CN(C(=O)NCC(F)(F)F)C[C@@H]1c1cnc2cnc3c(ccn3COC(=O)[C@H](C)c3ccc(CC(C)C)cc3)n12. The van der Waals surface area contributed by atoms with Crippen LogP contribution in [0.2, 0.25) is 0 Å². The first-order chi connectivity index (χ1) is 20.4. The van der Waals surface area contributed by atoms with Gasteiger partial charge in [-0.2, -0.15) is 13.2 Å². The number of carbonyl (C=O) groups excluding carboxylic acids is 2. The van der Waals surface area contributed by atoms with Gasteiger partial charge >= 0.3 is 18.2 Å². The minimum absolute atomic E-state index is 0.0190. The van der Waals surface area contributed by atoms with Gasteiger partial charge in [-0.1, -0.05) is 51.5 Å². The van der Waals surface area contributed by atoms with Gasteiger partial charge in [0.25, 0.3) is 0 Å². The molecule has 0 radical (unpaired) electrons. The molecular formula is C31H37F3N6O3. The molecule has 0 unspecified atom stereocenters. The molecule has 1 N–H and O–H groups in total. The van der Waals surface area contributed by atoms with E-state index >= 15 is 0 Å². The zero-order valence-corrected chi connectivity index (χ0v) is 24.8. The average molecular weight is 599 g/mol. The van der Waals surface area contributed by atoms with Crippen LogP contribution in [0.4, 0.5) is 18.0 Å². The number of carbonyl (C=O) groups is 2. The largest absolute Gasteiger partial charge is 0.443 e. The number of urea groups is 1. The summed E-state index contributed by atoms with van der Waals surface area (Å²) in [6.45, 7) is 7.40. The van der Waals surface area contributed by atoms with Gasteiger partial charge in [-0.25, -0.2) is 14.8 Å². The molecule has 4 aromatic rings. The number of aromatic nitrogens is 4. The van der Waals surface area contributed by atoms with E-state index in [-0.39, 0.29) is 31.1 Å². The van der Waals surface area contributed by atoms with Crippen molar-refractivity contribution in [2.75, 3.05) is 19.6 Å². The first-order valence-corrected chi connectivity index (χ1v) is 14.6. The summed E-state index contributed by atoms with van der Waals surface area (Å²) < 4.78 is 47.4. The maximum atomic E-state index is 12.9. The normalized spacial score (nSPS) is 18.1. The van der Waals surface area contributed by atoms with Crippen LogP contribution in [0.3, 0.4) is 0 Å². The standard InChI is InChI=1S/C31H37F3N6O3/c1-5-22-15-39(30(42)37-17-31(32,33)34)16-24(22)26-13-35-27-14-36-28-25(40(26)27)10-11-38(28)18-43-29(41)20(4)23-8-6-21(7-9-23)12-19(2)3/h6-11,13-14,19-20,22,24H,5,12,15-18H2,1-4H3,(H,37,42)/t20-,22-,24+/m1/s1. The molecule has 1 aliphatic rings. The van der Waals surface area contributed by atoms with Crippen molar-refractivity contribution in [2.24, 2.45) is 11.8 Å². The van der Waals surface area contributed by atoms with Gasteiger partial charge in [0.15, 0.2) is 18.0 Å². The number of benzene rings is 1. The van der Waals surface area contributed by atoms with Crippen LogP contribution in [0.15, 0.2) is 48.9 Å². The zero-order valence-electron chi connectivity index (χ0n) is 24.8. The van der Waals surface area contributed by atoms with Crippen molar-refractivity contribution in [3.05, 3.63) is 65.7 Å². The topological polar surface area (TPSA) is 93.8 Å². The van der Waals surface area contributed by atoms with Gasteiger partial charge in [-0.3, -0.25) is 13.8 Å². The highest BCUT2D eigenvalue weighted by molar-refractivity contribution is 5.78. The number of halogens is 3. The van der Waals surface area contributed by atoms with E-state index in [9.17, 15) is 22.8 Å². The van der Waals surface area contributed by atoms with Crippen molar-refractivity contribution in [1.82, 2.24) is 29.2 Å². The van der Waals surface area contributed by atoms with Crippen LogP contribution in [0.25, 0.3) is 16.8 Å². The van der Waals surface area contributed by atoms with Gasteiger partial charge in [-0.05, 0) is 42.4 Å². The van der Waals surface area contributed by atoms with Crippen LogP contribution >= 0.6 is 0 Å². The van der Waals surface area contributed by atoms with Crippen LogP contribution in [0, 0.1) is 11.8 Å². The minimum atomic E-state index is -4.47. The lowest BCUT2D eigenvalue weighted by atomic mass is 9.91. The summed E-state index contributed by atoms with van der Waals surface area (Å²) in [5.74, 6) is -0.306. The molecule has 3 aromatic heterocycles. The molecule has 43 heavy (non-hydrogen) atoms. The van der Waals surface area contributed by atoms with E-state index in [2.05, 4.69) is 35.9 Å². The fraction of sp³-hybridized carbons (Fsp3) is 0.484. The van der Waals surface area contributed by atoms with E-state index in [4.69, 9.17) is 4.74 Å². The van der Waals surface area contributed by atoms with Crippen molar-refractivity contribution in [1.29, 1.82) is 0 Å². The molecule has 0 aliphatic carbocycles. The summed E-state index contributed by atoms with van der Waals surface area (Å²) in [5, 5.41) is 1.98. The Morgan fingerprint density at radius 2 is 1.81 bits per heavy atom. The molecule has 0 saturated carbocycles. The maximum Gasteiger partial charge on any atom is 0.405 e. The number of nitrogens with zero attached hydrogens (tertiary/aromatic N) is 5. The summed E-state index contributed by atoms with van der Waals surface area (Å²) in [6, 6.07) is 9.20. The summed E-state index contributed by atoms with van der Waals surface area (Å²) in [4.78, 5) is 35.9. The second-order valence-corrected chi connectivity index (χ2v) is 11.7. The van der Waals surface area contributed by atoms with Crippen molar-refractivity contribution in [3.63, 3.8) is 0 Å². The van der Waals surface area contributed by atoms with Crippen molar-refractivity contribution in [2.45, 2.75) is 65.3 Å². The molecule has 0 bridgehead atoms. The number of rotatable bonds is 9. The third kappa shape index (κ3) is 6.62. The van der Waals surface area contributed by atoms with Gasteiger partial charge in [0.2, 0.25) is 0 Å². The highest BCUT2D eigenvalue weighted by Crippen LogP contribution is 2.36. The molecule has 12 heteroatoms. The Balaban J connectivity index is 1.31. The van der Waals surface area contributed by atoms with Crippen LogP contribution in [-0.4, -0.2) is 61.6 Å². The van der Waals surface area contributed by atoms with Gasteiger partial charge in [0.1, 0.15) is 6.54 Å². The third-order valence-corrected chi connectivity index (χ3v) is 8.17. The molecule has 1 fully saturated rings. The van der Waals surface area contributed by atoms with E-state index in [0.29, 0.717) is 23.8 Å². The Hall–Kier alpha value is -4.09. The molecule has 5 rings (SSSR count). The lowest BCUT2D eigenvalue weighted by molar-refractivity contribution is -0.148. The number of hydrogen-bond donors (Lipinski definition) is 1. The number of alkyl halides is 3. The Kier molecular flexibility index (Phi) is 8.66. The van der Waals surface area contributed by atoms with Crippen LogP contribution in [0.5, 0.6) is 0 Å². The molecule has 1 aromatic carbocycles. The Bertz CT molecular complexity index is 1590. The number of esters is 1. The number of likely N-dealkylation sites (tertiary alicyclic amines) is 1. The molecule has 230 valence electrons. The van der Waals surface area contributed by atoms with Crippen LogP contribution in [0.1, 0.15) is 62.8 Å². The smallest absolute Gasteiger partial charge is 0.405 e. The first kappa shape index (κ1) is 30.4. The molecule has 0 spiro atoms. The average Bonchev–Trinajstić information content (AvgIpc) is 3.70. The zero-order chi connectivity index (χ0) is 30.9. The highest BCUT2D eigenvalue weighted by Gasteiger charge is 2.38. The Morgan fingerprint density at radius 3 is 2.49 bits per heavy atom. The number of ether oxygens (including phenoxy) is 1. The van der Waals surface area contributed by atoms with Crippen LogP contribution < -0.4 is 5.32 Å². The second kappa shape index (κ2) is 12.3. The second-order valence-electron chi connectivity index (χ2n) is 11.7. The van der Waals surface area contributed by atoms with Gasteiger partial charge in [0.05, 0.1) is 17.6 Å². The monoisotopic (exact) mass is 598 g/mol. The lowest BCUT2D eigenvalue weighted by Gasteiger charge is -2.18. The van der Waals surface area contributed by atoms with Gasteiger partial charge < -0.3 is 15.0 Å². The molecule has 4 heterocycles. The summed E-state index contributed by atoms with van der Waals surface area (Å²) in [5.41, 5.74) is 4.93. The summed E-state index contributed by atoms with van der Waals surface area (Å²) >= 11 is 0. The quantitative estimate of drug-likeness (QED) is 0.243. The number of fused-ring (bicyclic) bond motifs is 3. The van der Waals surface area contributed by atoms with E-state index < -0.39 is 24.7 Å². The van der Waals surface area contributed by atoms with Gasteiger partial charge in [-0.15, -0.1) is 0 Å². The summed E-state index contributed by atoms with van der Waals surface area (Å²) in [7, 11) is 0. The Labute approximate surface area is 248 Å². The third-order valence-electron chi connectivity index (χ3n) is 8.17. The lowest BCUT2D eigenvalue weighted by Crippen LogP contribution is -2.42. The molecule has 9 nitrogen and oxygen atoms in total. The van der Waals surface area contributed by atoms with Crippen LogP contribution in [-0.2, 0) is 22.7 Å². The molecule has 1 saturated heterocycles. The number of amides is 2. The fourth-order valence-electron chi connectivity index (χ4n) is 5.87. The van der Waals surface area contributed by atoms with E-state index in [1.54, 1.807) is 23.2 Å². The molecule has 3 atom stereocenters. The van der Waals surface area contributed by atoms with Crippen molar-refractivity contribution < 1.29 is 27.5 Å². The van der Waals surface area contributed by atoms with Crippen molar-refractivity contribution in [3.8, 4) is 0 Å². The molecular weight excluding hydrogens is 561 g/mol. The fourth-order valence-corrected chi connectivity index (χ4v) is 5.87. The minimum Gasteiger partial charge on any atom is -0.443 e. The first-order valence-electron chi connectivity index (χ1n) is 14.6. The van der Waals surface area contributed by atoms with Crippen molar-refractivity contribution >= 4 is 28.8 Å². The number of hydrogen-bond acceptors (Lipinski definition) is 5. The van der Waals surface area contributed by atoms with E-state index in [1.165, 1.54) is 10.5 Å². The van der Waals surface area contributed by atoms with Gasteiger partial charge in [0, 0.05) is 37.1 Å². The highest BCUT2D eigenvalue weighted by atomic mass is 19.4. The van der Waals surface area contributed by atoms with E-state index in [1.807, 2.05) is 41.8 Å². The number of nitrogens with one attached hydrogen (secondary N) is 1. The summed E-state index contributed by atoms with van der Waals surface area (Å²) in [6.07, 6.45) is 2.42. The van der Waals surface area contributed by atoms with E-state index in [0.717, 1.165) is 29.6 Å². The molecule has 2 amide bonds. The predicted molar refractivity (Wildman–Crippen MR) is 156 cm³/mol. The maximum absolute atomic E-state index is 12.9. The predicted octanol–water partition coefficient (Wildman–Crippen LogP) is 5.88. The number of imidazole rings is 1.